The number of hydrogen-bond acceptors (Lipinski definition) is 2. The van der Waals surface area contributed by atoms with Crippen molar-refractivity contribution in [2.75, 3.05) is 6.61 Å². The van der Waals surface area contributed by atoms with Crippen molar-refractivity contribution in [1.29, 1.82) is 0 Å². The minimum Gasteiger partial charge on any atom is -0.466 e. The number of esters is 1. The Labute approximate surface area is 88.4 Å². The lowest BCUT2D eigenvalue weighted by Gasteiger charge is -1.96. The SMILES string of the molecule is CCOC(=O)CC=Cc1ccc(F)cc1. The van der Waals surface area contributed by atoms with E-state index in [1.54, 1.807) is 31.2 Å². The highest BCUT2D eigenvalue weighted by atomic mass is 19.1. The molecule has 0 aliphatic heterocycles. The molecule has 0 radical (unpaired) electrons. The quantitative estimate of drug-likeness (QED) is 0.711. The number of halogens is 1. The molecule has 0 saturated carbocycles. The molecular formula is C12H13FO2. The van der Waals surface area contributed by atoms with Crippen molar-refractivity contribution in [1.82, 2.24) is 0 Å². The Morgan fingerprint density at radius 1 is 1.40 bits per heavy atom. The fraction of sp³-hybridized carbons (Fsp3) is 0.250. The van der Waals surface area contributed by atoms with E-state index in [2.05, 4.69) is 0 Å². The molecule has 15 heavy (non-hydrogen) atoms. The average molecular weight is 208 g/mol. The molecule has 0 saturated heterocycles. The minimum absolute atomic E-state index is 0.241. The van der Waals surface area contributed by atoms with Crippen molar-refractivity contribution in [2.24, 2.45) is 0 Å². The fourth-order valence-corrected chi connectivity index (χ4v) is 1.09. The van der Waals surface area contributed by atoms with E-state index < -0.39 is 0 Å². The number of ether oxygens (including phenoxy) is 1. The van der Waals surface area contributed by atoms with Gasteiger partial charge in [-0.3, -0.25) is 4.79 Å². The Hall–Kier alpha value is -1.64. The number of carbonyl (C=O) groups is 1. The van der Waals surface area contributed by atoms with Crippen molar-refractivity contribution in [3.8, 4) is 0 Å². The Morgan fingerprint density at radius 2 is 2.07 bits per heavy atom. The van der Waals surface area contributed by atoms with Gasteiger partial charge in [-0.15, -0.1) is 0 Å². The number of benzene rings is 1. The molecule has 0 aliphatic carbocycles. The predicted octanol–water partition coefficient (Wildman–Crippen LogP) is 2.79. The van der Waals surface area contributed by atoms with Gasteiger partial charge in [0.2, 0.25) is 0 Å². The molecule has 1 aromatic rings. The Balaban J connectivity index is 2.44. The van der Waals surface area contributed by atoms with Crippen molar-refractivity contribution in [2.45, 2.75) is 13.3 Å². The monoisotopic (exact) mass is 208 g/mol. The van der Waals surface area contributed by atoms with Crippen molar-refractivity contribution in [3.63, 3.8) is 0 Å². The molecule has 0 aliphatic rings. The summed E-state index contributed by atoms with van der Waals surface area (Å²) < 4.78 is 17.3. The Morgan fingerprint density at radius 3 is 2.67 bits per heavy atom. The Bertz CT molecular complexity index is 341. The van der Waals surface area contributed by atoms with Crippen LogP contribution in [0.25, 0.3) is 6.08 Å². The molecule has 0 spiro atoms. The maximum absolute atomic E-state index is 12.5. The second kappa shape index (κ2) is 5.96. The predicted molar refractivity (Wildman–Crippen MR) is 56.7 cm³/mol. The smallest absolute Gasteiger partial charge is 0.309 e. The van der Waals surface area contributed by atoms with E-state index in [9.17, 15) is 9.18 Å². The lowest BCUT2D eigenvalue weighted by molar-refractivity contribution is -0.142. The second-order valence-electron chi connectivity index (χ2n) is 2.96. The zero-order valence-electron chi connectivity index (χ0n) is 8.57. The van der Waals surface area contributed by atoms with Gasteiger partial charge in [-0.2, -0.15) is 0 Å². The zero-order chi connectivity index (χ0) is 11.1. The van der Waals surface area contributed by atoms with Crippen LogP contribution >= 0.6 is 0 Å². The van der Waals surface area contributed by atoms with Crippen LogP contribution in [-0.2, 0) is 9.53 Å². The molecule has 0 aromatic heterocycles. The molecule has 0 amide bonds. The van der Waals surface area contributed by atoms with Crippen LogP contribution < -0.4 is 0 Å². The number of carbonyl (C=O) groups excluding carboxylic acids is 1. The lowest BCUT2D eigenvalue weighted by atomic mass is 10.2. The van der Waals surface area contributed by atoms with E-state index in [4.69, 9.17) is 4.74 Å². The number of hydrogen-bond donors (Lipinski definition) is 0. The van der Waals surface area contributed by atoms with E-state index >= 15 is 0 Å². The largest absolute Gasteiger partial charge is 0.466 e. The third-order valence-electron chi connectivity index (χ3n) is 1.77. The first-order valence-corrected chi connectivity index (χ1v) is 4.80. The van der Waals surface area contributed by atoms with Gasteiger partial charge in [0.15, 0.2) is 0 Å². The molecule has 80 valence electrons. The molecule has 0 fully saturated rings. The van der Waals surface area contributed by atoms with Crippen LogP contribution in [0.4, 0.5) is 4.39 Å². The van der Waals surface area contributed by atoms with Gasteiger partial charge in [-0.1, -0.05) is 24.3 Å². The first-order valence-electron chi connectivity index (χ1n) is 4.80. The van der Waals surface area contributed by atoms with E-state index in [-0.39, 0.29) is 18.2 Å². The van der Waals surface area contributed by atoms with E-state index in [0.29, 0.717) is 6.61 Å². The normalized spacial score (nSPS) is 10.5. The van der Waals surface area contributed by atoms with Gasteiger partial charge >= 0.3 is 5.97 Å². The zero-order valence-corrected chi connectivity index (χ0v) is 8.57. The van der Waals surface area contributed by atoms with Crippen LogP contribution in [0.2, 0.25) is 0 Å². The molecule has 1 aromatic carbocycles. The standard InChI is InChI=1S/C12H13FO2/c1-2-15-12(14)5-3-4-10-6-8-11(13)9-7-10/h3-4,6-9H,2,5H2,1H3. The minimum atomic E-state index is -0.266. The molecule has 0 heterocycles. The molecule has 2 nitrogen and oxygen atoms in total. The Kier molecular flexibility index (Phi) is 4.54. The second-order valence-corrected chi connectivity index (χ2v) is 2.96. The van der Waals surface area contributed by atoms with Crippen molar-refractivity contribution in [3.05, 3.63) is 41.7 Å². The van der Waals surface area contributed by atoms with Gasteiger partial charge < -0.3 is 4.74 Å². The first kappa shape index (κ1) is 11.4. The third-order valence-corrected chi connectivity index (χ3v) is 1.77. The van der Waals surface area contributed by atoms with Crippen LogP contribution in [0.15, 0.2) is 30.3 Å². The van der Waals surface area contributed by atoms with Crippen LogP contribution in [0.5, 0.6) is 0 Å². The number of rotatable bonds is 4. The van der Waals surface area contributed by atoms with Gasteiger partial charge in [-0.25, -0.2) is 4.39 Å². The van der Waals surface area contributed by atoms with Crippen LogP contribution in [0.3, 0.4) is 0 Å². The van der Waals surface area contributed by atoms with E-state index in [0.717, 1.165) is 5.56 Å². The summed E-state index contributed by atoms with van der Waals surface area (Å²) in [5.41, 5.74) is 0.862. The van der Waals surface area contributed by atoms with Gasteiger partial charge in [-0.05, 0) is 24.6 Å². The summed E-state index contributed by atoms with van der Waals surface area (Å²) in [6.45, 7) is 2.16. The highest BCUT2D eigenvalue weighted by Gasteiger charge is 1.96. The summed E-state index contributed by atoms with van der Waals surface area (Å²) in [4.78, 5) is 11.0. The van der Waals surface area contributed by atoms with Crippen LogP contribution in [-0.4, -0.2) is 12.6 Å². The summed E-state index contributed by atoms with van der Waals surface area (Å²) in [6, 6.07) is 6.06. The van der Waals surface area contributed by atoms with Gasteiger partial charge in [0.25, 0.3) is 0 Å². The maximum Gasteiger partial charge on any atom is 0.309 e. The van der Waals surface area contributed by atoms with Crippen LogP contribution in [0.1, 0.15) is 18.9 Å². The summed E-state index contributed by atoms with van der Waals surface area (Å²) in [6.07, 6.45) is 3.70. The fourth-order valence-electron chi connectivity index (χ4n) is 1.09. The van der Waals surface area contributed by atoms with Crippen LogP contribution in [0, 0.1) is 5.82 Å². The third kappa shape index (κ3) is 4.40. The van der Waals surface area contributed by atoms with Gasteiger partial charge in [0.05, 0.1) is 13.0 Å². The molecule has 0 bridgehead atoms. The highest BCUT2D eigenvalue weighted by molar-refractivity contribution is 5.72. The van der Waals surface area contributed by atoms with Crippen molar-refractivity contribution < 1.29 is 13.9 Å². The van der Waals surface area contributed by atoms with E-state index in [1.807, 2.05) is 0 Å². The lowest BCUT2D eigenvalue weighted by Crippen LogP contribution is -2.01. The van der Waals surface area contributed by atoms with Gasteiger partial charge in [0, 0.05) is 0 Å². The van der Waals surface area contributed by atoms with E-state index in [1.165, 1.54) is 12.1 Å². The molecular weight excluding hydrogens is 195 g/mol. The molecule has 1 rings (SSSR count). The highest BCUT2D eigenvalue weighted by Crippen LogP contribution is 2.05. The summed E-state index contributed by atoms with van der Waals surface area (Å²) in [7, 11) is 0. The average Bonchev–Trinajstić information content (AvgIpc) is 2.21. The topological polar surface area (TPSA) is 26.3 Å². The maximum atomic E-state index is 12.5. The van der Waals surface area contributed by atoms with Gasteiger partial charge in [0.1, 0.15) is 5.82 Å². The summed E-state index contributed by atoms with van der Waals surface area (Å²) in [5.74, 6) is -0.520. The van der Waals surface area contributed by atoms with Crippen molar-refractivity contribution >= 4 is 12.0 Å². The molecule has 0 N–H and O–H groups in total. The molecule has 0 atom stereocenters. The summed E-state index contributed by atoms with van der Waals surface area (Å²) >= 11 is 0. The summed E-state index contributed by atoms with van der Waals surface area (Å²) in [5, 5.41) is 0. The first-order chi connectivity index (χ1) is 7.22. The molecule has 0 unspecified atom stereocenters. The molecule has 3 heteroatoms.